The van der Waals surface area contributed by atoms with Gasteiger partial charge in [-0.05, 0) is 38.4 Å². The molecule has 2 aromatic rings. The Morgan fingerprint density at radius 2 is 1.35 bits per heavy atom. The maximum Gasteiger partial charge on any atom is 0.328 e. The summed E-state index contributed by atoms with van der Waals surface area (Å²) >= 11 is 0. The van der Waals surface area contributed by atoms with Crippen LogP contribution < -0.4 is 0 Å². The van der Waals surface area contributed by atoms with Crippen molar-refractivity contribution in [2.24, 2.45) is 7.05 Å². The fourth-order valence-corrected chi connectivity index (χ4v) is 4.76. The number of ether oxygens (including phenoxy) is 1. The molecule has 0 radical (unpaired) electrons. The normalized spacial score (nSPS) is 19.4. The summed E-state index contributed by atoms with van der Waals surface area (Å²) in [5.41, 5.74) is 4.05. The lowest BCUT2D eigenvalue weighted by Crippen LogP contribution is -2.46. The van der Waals surface area contributed by atoms with Crippen LogP contribution in [0.1, 0.15) is 24.6 Å². The Kier molecular flexibility index (Phi) is 12.1. The van der Waals surface area contributed by atoms with E-state index in [0.717, 1.165) is 26.0 Å². The van der Waals surface area contributed by atoms with E-state index in [1.54, 1.807) is 0 Å². The van der Waals surface area contributed by atoms with Crippen LogP contribution in [-0.2, 0) is 43.0 Å². The number of aromatic nitrogens is 1. The van der Waals surface area contributed by atoms with Gasteiger partial charge in [-0.1, -0.05) is 18.2 Å². The van der Waals surface area contributed by atoms with Crippen LogP contribution in [0.4, 0.5) is 0 Å². The molecule has 1 aromatic heterocycles. The number of carboxylic acid groups (broad SMARTS) is 4. The largest absolute Gasteiger partial charge is 0.478 e. The highest BCUT2D eigenvalue weighted by Crippen LogP contribution is 2.40. The first-order chi connectivity index (χ1) is 18.8. The first-order valence-corrected chi connectivity index (χ1v) is 12.7. The van der Waals surface area contributed by atoms with Crippen molar-refractivity contribution in [1.82, 2.24) is 14.4 Å². The fourth-order valence-electron chi connectivity index (χ4n) is 4.76. The molecule has 1 fully saturated rings. The van der Waals surface area contributed by atoms with Crippen LogP contribution in [0, 0.1) is 0 Å². The minimum absolute atomic E-state index is 0.176. The number of carbonyl (C=O) groups is 4. The number of nitrogens with zero attached hydrogens (tertiary/aromatic N) is 3. The van der Waals surface area contributed by atoms with Crippen molar-refractivity contribution in [3.63, 3.8) is 0 Å². The number of hydrogen-bond acceptors (Lipinski definition) is 7. The highest BCUT2D eigenvalue weighted by molar-refractivity contribution is 5.90. The van der Waals surface area contributed by atoms with Crippen LogP contribution in [0.3, 0.4) is 0 Å². The molecular formula is C28H37N3O9. The Morgan fingerprint density at radius 3 is 1.85 bits per heavy atom. The zero-order valence-corrected chi connectivity index (χ0v) is 22.9. The molecule has 4 rings (SSSR count). The first-order valence-electron chi connectivity index (χ1n) is 12.7. The second-order valence-corrected chi connectivity index (χ2v) is 9.65. The summed E-state index contributed by atoms with van der Waals surface area (Å²) in [4.78, 5) is 43.2. The molecule has 12 heteroatoms. The van der Waals surface area contributed by atoms with Crippen LogP contribution in [0.15, 0.2) is 48.6 Å². The second-order valence-electron chi connectivity index (χ2n) is 9.65. The van der Waals surface area contributed by atoms with E-state index in [4.69, 9.17) is 25.2 Å². The van der Waals surface area contributed by atoms with Crippen LogP contribution in [-0.4, -0.2) is 105 Å². The number of para-hydroxylation sites is 1. The Labute approximate surface area is 232 Å². The molecule has 218 valence electrons. The summed E-state index contributed by atoms with van der Waals surface area (Å²) in [5, 5.41) is 32.7. The minimum Gasteiger partial charge on any atom is -0.478 e. The molecule has 2 aliphatic rings. The topological polar surface area (TPSA) is 170 Å². The zero-order chi connectivity index (χ0) is 29.9. The van der Waals surface area contributed by atoms with Gasteiger partial charge in [-0.3, -0.25) is 0 Å². The third-order valence-electron chi connectivity index (χ3n) is 6.72. The Morgan fingerprint density at radius 1 is 0.850 bits per heavy atom. The molecule has 0 bridgehead atoms. The number of hydrogen-bond donors (Lipinski definition) is 4. The summed E-state index contributed by atoms with van der Waals surface area (Å²) in [5.74, 6) is -5.03. The van der Waals surface area contributed by atoms with Crippen molar-refractivity contribution in [3.05, 3.63) is 59.8 Å². The Bertz CT molecular complexity index is 1190. The third-order valence-corrected chi connectivity index (χ3v) is 6.72. The van der Waals surface area contributed by atoms with Gasteiger partial charge in [0.15, 0.2) is 0 Å². The van der Waals surface area contributed by atoms with E-state index < -0.39 is 23.9 Å². The maximum absolute atomic E-state index is 9.55. The average Bonchev–Trinajstić information content (AvgIpc) is 3.20. The van der Waals surface area contributed by atoms with Crippen LogP contribution in [0.2, 0.25) is 0 Å². The summed E-state index contributed by atoms with van der Waals surface area (Å²) in [6.45, 7) is 8.95. The number of rotatable bonds is 7. The van der Waals surface area contributed by atoms with Crippen molar-refractivity contribution in [2.45, 2.75) is 25.4 Å². The highest BCUT2D eigenvalue weighted by atomic mass is 16.5. The van der Waals surface area contributed by atoms with Gasteiger partial charge in [0.25, 0.3) is 0 Å². The lowest BCUT2D eigenvalue weighted by atomic mass is 9.89. The Balaban J connectivity index is 0.000000290. The van der Waals surface area contributed by atoms with Gasteiger partial charge in [0.1, 0.15) is 5.60 Å². The summed E-state index contributed by atoms with van der Waals surface area (Å²) < 4.78 is 8.73. The summed E-state index contributed by atoms with van der Waals surface area (Å²) in [6.07, 6.45) is 4.32. The quantitative estimate of drug-likeness (QED) is 0.366. The van der Waals surface area contributed by atoms with Crippen molar-refractivity contribution in [2.75, 3.05) is 46.4 Å². The molecule has 0 spiro atoms. The van der Waals surface area contributed by atoms with E-state index in [1.165, 1.54) is 48.3 Å². The van der Waals surface area contributed by atoms with Crippen LogP contribution >= 0.6 is 0 Å². The smallest absolute Gasteiger partial charge is 0.328 e. The fraction of sp³-hybridized carbons (Fsp3) is 0.429. The van der Waals surface area contributed by atoms with Gasteiger partial charge in [0.05, 0.1) is 12.3 Å². The zero-order valence-electron chi connectivity index (χ0n) is 22.9. The van der Waals surface area contributed by atoms with Gasteiger partial charge in [0, 0.05) is 75.0 Å². The molecule has 1 atom stereocenters. The molecule has 1 aromatic carbocycles. The van der Waals surface area contributed by atoms with Crippen molar-refractivity contribution < 1.29 is 44.3 Å². The molecule has 3 heterocycles. The van der Waals surface area contributed by atoms with Gasteiger partial charge in [-0.15, -0.1) is 0 Å². The van der Waals surface area contributed by atoms with E-state index in [0.29, 0.717) is 24.3 Å². The average molecular weight is 560 g/mol. The maximum atomic E-state index is 9.55. The van der Waals surface area contributed by atoms with E-state index in [-0.39, 0.29) is 5.60 Å². The second kappa shape index (κ2) is 15.0. The van der Waals surface area contributed by atoms with E-state index in [9.17, 15) is 19.2 Å². The standard InChI is InChI=1S/C20H29N3O.2C4H4O4/c1-20(9-10-23-13-11-21(2)12-14-23)19-17(8-15-24-20)16-6-4-5-7-18(16)22(19)3;2*5-3(6)1-2-4(7)8/h4-7H,8-15H2,1-3H3;2*1-2H,(H,5,6)(H,7,8)/b;2*2-1+. The summed E-state index contributed by atoms with van der Waals surface area (Å²) in [6, 6.07) is 8.78. The van der Waals surface area contributed by atoms with E-state index >= 15 is 0 Å². The molecule has 0 amide bonds. The van der Waals surface area contributed by atoms with Crippen molar-refractivity contribution in [3.8, 4) is 0 Å². The number of likely N-dealkylation sites (N-methyl/N-ethyl adjacent to an activating group) is 1. The predicted octanol–water partition coefficient (Wildman–Crippen LogP) is 2.03. The molecular weight excluding hydrogens is 522 g/mol. The molecule has 4 N–H and O–H groups in total. The molecule has 0 aliphatic carbocycles. The van der Waals surface area contributed by atoms with Crippen LogP contribution in [0.25, 0.3) is 10.9 Å². The molecule has 0 saturated carbocycles. The van der Waals surface area contributed by atoms with Gasteiger partial charge in [-0.25, -0.2) is 19.2 Å². The van der Waals surface area contributed by atoms with Gasteiger partial charge >= 0.3 is 23.9 Å². The monoisotopic (exact) mass is 559 g/mol. The molecule has 1 saturated heterocycles. The number of aliphatic carboxylic acids is 4. The van der Waals surface area contributed by atoms with Gasteiger partial charge in [-0.2, -0.15) is 0 Å². The van der Waals surface area contributed by atoms with E-state index in [1.807, 2.05) is 0 Å². The lowest BCUT2D eigenvalue weighted by molar-refractivity contribution is -0.134. The highest BCUT2D eigenvalue weighted by Gasteiger charge is 2.37. The van der Waals surface area contributed by atoms with Crippen molar-refractivity contribution in [1.29, 1.82) is 0 Å². The van der Waals surface area contributed by atoms with Crippen molar-refractivity contribution >= 4 is 34.8 Å². The third kappa shape index (κ3) is 9.63. The molecule has 1 unspecified atom stereocenters. The van der Waals surface area contributed by atoms with Crippen LogP contribution in [0.5, 0.6) is 0 Å². The molecule has 2 aliphatic heterocycles. The number of aryl methyl sites for hydroxylation is 1. The SMILES string of the molecule is CN1CCN(CCC2(C)OCCc3c2n(C)c2ccccc32)CC1.O=C(O)/C=C/C(=O)O.O=C(O)/C=C/C(=O)O. The number of piperazine rings is 1. The number of fused-ring (bicyclic) bond motifs is 3. The van der Waals surface area contributed by atoms with Gasteiger partial charge in [0.2, 0.25) is 0 Å². The van der Waals surface area contributed by atoms with Gasteiger partial charge < -0.3 is 39.5 Å². The lowest BCUT2D eigenvalue weighted by Gasteiger charge is -2.39. The molecule has 40 heavy (non-hydrogen) atoms. The Hall–Kier alpha value is -4.00. The number of carboxylic acids is 4. The molecule has 12 nitrogen and oxygen atoms in total. The minimum atomic E-state index is -1.26. The summed E-state index contributed by atoms with van der Waals surface area (Å²) in [7, 11) is 4.41. The predicted molar refractivity (Wildman–Crippen MR) is 147 cm³/mol. The first kappa shape index (κ1) is 32.2. The number of benzene rings is 1. The van der Waals surface area contributed by atoms with E-state index in [2.05, 4.69) is 59.7 Å².